The Kier molecular flexibility index (Phi) is 7.53. The Morgan fingerprint density at radius 2 is 1.58 bits per heavy atom. The van der Waals surface area contributed by atoms with Gasteiger partial charge >= 0.3 is 8.64 Å². The Balaban J connectivity index is 2.85. The maximum absolute atomic E-state index is 6.33. The van der Waals surface area contributed by atoms with Crippen molar-refractivity contribution in [1.29, 1.82) is 0 Å². The van der Waals surface area contributed by atoms with Gasteiger partial charge in [0, 0.05) is 18.7 Å². The molecule has 4 nitrogen and oxygen atoms in total. The van der Waals surface area contributed by atoms with E-state index in [-0.39, 0.29) is 0 Å². The van der Waals surface area contributed by atoms with Gasteiger partial charge in [-0.15, -0.1) is 0 Å². The van der Waals surface area contributed by atoms with Crippen molar-refractivity contribution in [3.63, 3.8) is 0 Å². The van der Waals surface area contributed by atoms with Crippen LogP contribution in [-0.2, 0) is 4.43 Å². The van der Waals surface area contributed by atoms with Crippen LogP contribution in [0.5, 0.6) is 0 Å². The highest BCUT2D eigenvalue weighted by molar-refractivity contribution is 6.70. The van der Waals surface area contributed by atoms with E-state index in [9.17, 15) is 0 Å². The van der Waals surface area contributed by atoms with Crippen LogP contribution in [0.25, 0.3) is 0 Å². The molecule has 0 aromatic rings. The van der Waals surface area contributed by atoms with E-state index in [1.54, 1.807) is 0 Å². The van der Waals surface area contributed by atoms with Gasteiger partial charge < -0.3 is 20.1 Å². The van der Waals surface area contributed by atoms with Gasteiger partial charge in [-0.2, -0.15) is 0 Å². The van der Waals surface area contributed by atoms with Gasteiger partial charge in [-0.1, -0.05) is 47.0 Å². The largest absolute Gasteiger partial charge is 0.390 e. The van der Waals surface area contributed by atoms with Crippen molar-refractivity contribution in [1.82, 2.24) is 9.96 Å². The van der Waals surface area contributed by atoms with E-state index >= 15 is 0 Å². The molecule has 0 amide bonds. The predicted molar refractivity (Wildman–Crippen MR) is 84.1 cm³/mol. The van der Waals surface area contributed by atoms with Gasteiger partial charge in [-0.25, -0.2) is 0 Å². The molecule has 0 bridgehead atoms. The normalized spacial score (nSPS) is 18.5. The first-order chi connectivity index (χ1) is 9.00. The van der Waals surface area contributed by atoms with E-state index < -0.39 is 8.64 Å². The van der Waals surface area contributed by atoms with Crippen molar-refractivity contribution in [2.75, 3.05) is 13.2 Å². The maximum Gasteiger partial charge on any atom is 0.355 e. The summed E-state index contributed by atoms with van der Waals surface area (Å²) < 4.78 is 6.33. The Labute approximate surface area is 120 Å². The standard InChI is InChI=1S/C14H33N3OSi/c1-12(2)16-19(17-13(3)4,18-11-10-15)14-8-6-5-7-9-14/h12-14,16-17H,5-11,15H2,1-4H3. The van der Waals surface area contributed by atoms with Gasteiger partial charge in [0.05, 0.1) is 0 Å². The molecule has 0 saturated heterocycles. The van der Waals surface area contributed by atoms with Crippen LogP contribution in [0.15, 0.2) is 0 Å². The molecule has 1 aliphatic rings. The molecule has 0 unspecified atom stereocenters. The summed E-state index contributed by atoms with van der Waals surface area (Å²) in [6, 6.07) is 0.884. The summed E-state index contributed by atoms with van der Waals surface area (Å²) in [5, 5.41) is 0. The van der Waals surface area contributed by atoms with Crippen molar-refractivity contribution >= 4 is 8.64 Å². The van der Waals surface area contributed by atoms with Crippen molar-refractivity contribution in [2.45, 2.75) is 77.4 Å². The van der Waals surface area contributed by atoms with E-state index in [1.165, 1.54) is 32.1 Å². The molecular weight excluding hydrogens is 254 g/mol. The smallest absolute Gasteiger partial charge is 0.355 e. The van der Waals surface area contributed by atoms with E-state index in [1.807, 2.05) is 0 Å². The van der Waals surface area contributed by atoms with Crippen LogP contribution < -0.4 is 15.7 Å². The van der Waals surface area contributed by atoms with Crippen LogP contribution in [0.1, 0.15) is 59.8 Å². The van der Waals surface area contributed by atoms with E-state index in [0.29, 0.717) is 30.8 Å². The lowest BCUT2D eigenvalue weighted by molar-refractivity contribution is 0.257. The molecule has 1 rings (SSSR count). The monoisotopic (exact) mass is 287 g/mol. The third-order valence-electron chi connectivity index (χ3n) is 3.63. The fourth-order valence-electron chi connectivity index (χ4n) is 3.07. The summed E-state index contributed by atoms with van der Waals surface area (Å²) in [6.07, 6.45) is 6.63. The van der Waals surface area contributed by atoms with Gasteiger partial charge in [0.2, 0.25) is 0 Å². The number of rotatable bonds is 8. The van der Waals surface area contributed by atoms with E-state index in [0.717, 1.165) is 0 Å². The minimum absolute atomic E-state index is 0.442. The van der Waals surface area contributed by atoms with Crippen molar-refractivity contribution in [2.24, 2.45) is 5.73 Å². The summed E-state index contributed by atoms with van der Waals surface area (Å²) >= 11 is 0. The lowest BCUT2D eigenvalue weighted by Gasteiger charge is -2.42. The highest BCUT2D eigenvalue weighted by Crippen LogP contribution is 2.35. The summed E-state index contributed by atoms with van der Waals surface area (Å²) in [7, 11) is -2.12. The first-order valence-corrected chi connectivity index (χ1v) is 9.88. The van der Waals surface area contributed by atoms with E-state index in [2.05, 4.69) is 37.7 Å². The van der Waals surface area contributed by atoms with Crippen molar-refractivity contribution in [3.05, 3.63) is 0 Å². The van der Waals surface area contributed by atoms with Crippen LogP contribution in [0.2, 0.25) is 5.54 Å². The molecule has 19 heavy (non-hydrogen) atoms. The molecule has 1 saturated carbocycles. The lowest BCUT2D eigenvalue weighted by atomic mass is 10.0. The minimum Gasteiger partial charge on any atom is -0.390 e. The molecule has 0 atom stereocenters. The molecule has 5 heteroatoms. The van der Waals surface area contributed by atoms with Crippen LogP contribution in [0.3, 0.4) is 0 Å². The molecule has 1 fully saturated rings. The summed E-state index contributed by atoms with van der Waals surface area (Å²) in [5.74, 6) is 0. The summed E-state index contributed by atoms with van der Waals surface area (Å²) in [6.45, 7) is 10.1. The van der Waals surface area contributed by atoms with Crippen LogP contribution in [-0.4, -0.2) is 33.9 Å². The summed E-state index contributed by atoms with van der Waals surface area (Å²) in [4.78, 5) is 7.56. The molecule has 114 valence electrons. The molecule has 0 spiro atoms. The fraction of sp³-hybridized carbons (Fsp3) is 1.00. The number of hydrogen-bond acceptors (Lipinski definition) is 4. The molecular formula is C14H33N3OSi. The Hall–Kier alpha value is 0.0569. The van der Waals surface area contributed by atoms with Crippen LogP contribution in [0, 0.1) is 0 Å². The average Bonchev–Trinajstić information content (AvgIpc) is 2.35. The summed E-state index contributed by atoms with van der Waals surface area (Å²) in [5.41, 5.74) is 6.33. The lowest BCUT2D eigenvalue weighted by Crippen LogP contribution is -2.71. The Morgan fingerprint density at radius 1 is 1.05 bits per heavy atom. The predicted octanol–water partition coefficient (Wildman–Crippen LogP) is 2.23. The first kappa shape index (κ1) is 17.1. The third-order valence-corrected chi connectivity index (χ3v) is 8.03. The first-order valence-electron chi connectivity index (χ1n) is 7.89. The highest BCUT2D eigenvalue weighted by Gasteiger charge is 2.45. The molecule has 0 aromatic carbocycles. The quantitative estimate of drug-likeness (QED) is 0.599. The van der Waals surface area contributed by atoms with Crippen LogP contribution >= 0.6 is 0 Å². The molecule has 0 aliphatic heterocycles. The molecule has 0 aromatic heterocycles. The topological polar surface area (TPSA) is 59.3 Å². The van der Waals surface area contributed by atoms with Crippen LogP contribution in [0.4, 0.5) is 0 Å². The number of nitrogens with one attached hydrogen (secondary N) is 2. The van der Waals surface area contributed by atoms with Gasteiger partial charge in [-0.05, 0) is 24.9 Å². The average molecular weight is 288 g/mol. The van der Waals surface area contributed by atoms with Crippen molar-refractivity contribution < 1.29 is 4.43 Å². The Bertz CT molecular complexity index is 233. The second-order valence-electron chi connectivity index (χ2n) is 6.31. The number of hydrogen-bond donors (Lipinski definition) is 3. The van der Waals surface area contributed by atoms with Gasteiger partial charge in [-0.3, -0.25) is 0 Å². The highest BCUT2D eigenvalue weighted by atomic mass is 28.4. The minimum atomic E-state index is -2.12. The Morgan fingerprint density at radius 3 is 2.00 bits per heavy atom. The third kappa shape index (κ3) is 5.51. The fourth-order valence-corrected chi connectivity index (χ4v) is 7.40. The maximum atomic E-state index is 6.33. The molecule has 1 aliphatic carbocycles. The van der Waals surface area contributed by atoms with Gasteiger partial charge in [0.1, 0.15) is 0 Å². The number of nitrogens with two attached hydrogens (primary N) is 1. The second kappa shape index (κ2) is 8.37. The molecule has 0 heterocycles. The molecule has 0 radical (unpaired) electrons. The zero-order chi connectivity index (χ0) is 14.3. The second-order valence-corrected chi connectivity index (χ2v) is 9.46. The zero-order valence-electron chi connectivity index (χ0n) is 13.2. The van der Waals surface area contributed by atoms with E-state index in [4.69, 9.17) is 10.2 Å². The van der Waals surface area contributed by atoms with Crippen molar-refractivity contribution in [3.8, 4) is 0 Å². The SMILES string of the molecule is CC(C)N[Si](NC(C)C)(OCCN)C1CCCCC1. The van der Waals surface area contributed by atoms with Gasteiger partial charge in [0.15, 0.2) is 0 Å². The zero-order valence-corrected chi connectivity index (χ0v) is 14.2. The van der Waals surface area contributed by atoms with Gasteiger partial charge in [0.25, 0.3) is 0 Å². The molecule has 4 N–H and O–H groups in total.